The van der Waals surface area contributed by atoms with Crippen molar-refractivity contribution in [2.45, 2.75) is 6.54 Å². The molecule has 104 valence electrons. The molecule has 0 unspecified atom stereocenters. The van der Waals surface area contributed by atoms with Crippen LogP contribution in [0.3, 0.4) is 0 Å². The molecule has 6 nitrogen and oxygen atoms in total. The molecule has 2 rings (SSSR count). The van der Waals surface area contributed by atoms with Gasteiger partial charge in [0.2, 0.25) is 0 Å². The molecule has 0 radical (unpaired) electrons. The minimum absolute atomic E-state index is 0.114. The summed E-state index contributed by atoms with van der Waals surface area (Å²) in [6.07, 6.45) is 1.88. The van der Waals surface area contributed by atoms with Crippen molar-refractivity contribution < 1.29 is 9.72 Å². The van der Waals surface area contributed by atoms with Crippen molar-refractivity contribution in [1.29, 1.82) is 0 Å². The smallest absolute Gasteiger partial charge is 0.270 e. The monoisotopic (exact) mass is 337 g/mol. The van der Waals surface area contributed by atoms with Crippen LogP contribution in [-0.4, -0.2) is 15.4 Å². The molecule has 0 spiro atoms. The van der Waals surface area contributed by atoms with Crippen LogP contribution >= 0.6 is 15.9 Å². The van der Waals surface area contributed by atoms with Crippen LogP contribution in [-0.2, 0) is 13.6 Å². The molecule has 0 atom stereocenters. The average Bonchev–Trinajstić information content (AvgIpc) is 2.81. The van der Waals surface area contributed by atoms with E-state index in [-0.39, 0.29) is 17.2 Å². The third kappa shape index (κ3) is 3.05. The molecule has 0 aliphatic heterocycles. The first-order chi connectivity index (χ1) is 9.49. The molecule has 0 aliphatic carbocycles. The summed E-state index contributed by atoms with van der Waals surface area (Å²) in [5.74, 6) is -0.359. The SMILES string of the molecule is Cn1cccc1CNC(=O)c1cc([N+](=O)[O-])ccc1Br. The first kappa shape index (κ1) is 14.3. The van der Waals surface area contributed by atoms with Gasteiger partial charge in [-0.05, 0) is 34.1 Å². The predicted octanol–water partition coefficient (Wildman–Crippen LogP) is 2.63. The van der Waals surface area contributed by atoms with E-state index in [0.717, 1.165) is 5.69 Å². The Morgan fingerprint density at radius 3 is 2.80 bits per heavy atom. The summed E-state index contributed by atoms with van der Waals surface area (Å²) in [6, 6.07) is 7.87. The highest BCUT2D eigenvalue weighted by Crippen LogP contribution is 2.22. The van der Waals surface area contributed by atoms with Gasteiger partial charge in [-0.3, -0.25) is 14.9 Å². The van der Waals surface area contributed by atoms with Crippen LogP contribution in [0.2, 0.25) is 0 Å². The third-order valence-electron chi connectivity index (χ3n) is 2.89. The summed E-state index contributed by atoms with van der Waals surface area (Å²) in [4.78, 5) is 22.3. The van der Waals surface area contributed by atoms with Crippen molar-refractivity contribution in [3.05, 3.63) is 62.4 Å². The zero-order valence-electron chi connectivity index (χ0n) is 10.7. The van der Waals surface area contributed by atoms with Gasteiger partial charge >= 0.3 is 0 Å². The fourth-order valence-electron chi connectivity index (χ4n) is 1.75. The van der Waals surface area contributed by atoms with Crippen molar-refractivity contribution in [3.63, 3.8) is 0 Å². The van der Waals surface area contributed by atoms with Gasteiger partial charge in [-0.2, -0.15) is 0 Å². The number of carbonyl (C=O) groups is 1. The van der Waals surface area contributed by atoms with Gasteiger partial charge < -0.3 is 9.88 Å². The predicted molar refractivity (Wildman–Crippen MR) is 77.4 cm³/mol. The lowest BCUT2D eigenvalue weighted by atomic mass is 10.2. The number of non-ortho nitro benzene ring substituents is 1. The van der Waals surface area contributed by atoms with Crippen molar-refractivity contribution in [2.75, 3.05) is 0 Å². The molecule has 0 aliphatic rings. The first-order valence-electron chi connectivity index (χ1n) is 5.81. The number of benzene rings is 1. The molecular formula is C13H12BrN3O3. The summed E-state index contributed by atoms with van der Waals surface area (Å²) in [5.41, 5.74) is 1.07. The summed E-state index contributed by atoms with van der Waals surface area (Å²) in [6.45, 7) is 0.359. The first-order valence-corrected chi connectivity index (χ1v) is 6.60. The zero-order chi connectivity index (χ0) is 14.7. The summed E-state index contributed by atoms with van der Waals surface area (Å²) in [7, 11) is 1.88. The van der Waals surface area contributed by atoms with Gasteiger partial charge in [-0.25, -0.2) is 0 Å². The number of hydrogen-bond donors (Lipinski definition) is 1. The maximum Gasteiger partial charge on any atom is 0.270 e. The lowest BCUT2D eigenvalue weighted by molar-refractivity contribution is -0.384. The number of amides is 1. The van der Waals surface area contributed by atoms with Gasteiger partial charge in [0.15, 0.2) is 0 Å². The molecule has 1 heterocycles. The number of aromatic nitrogens is 1. The Morgan fingerprint density at radius 1 is 1.45 bits per heavy atom. The second-order valence-corrected chi connectivity index (χ2v) is 5.07. The maximum absolute atomic E-state index is 12.1. The molecule has 1 aromatic heterocycles. The van der Waals surface area contributed by atoms with E-state index in [4.69, 9.17) is 0 Å². The Hall–Kier alpha value is -2.15. The standard InChI is InChI=1S/C13H12BrN3O3/c1-16-6-2-3-10(16)8-15-13(18)11-7-9(17(19)20)4-5-12(11)14/h2-7H,8H2,1H3,(H,15,18). The van der Waals surface area contributed by atoms with Gasteiger partial charge in [0, 0.05) is 35.5 Å². The number of carbonyl (C=O) groups excluding carboxylic acids is 1. The van der Waals surface area contributed by atoms with E-state index in [1.165, 1.54) is 18.2 Å². The highest BCUT2D eigenvalue weighted by Gasteiger charge is 2.15. The normalized spacial score (nSPS) is 10.3. The Kier molecular flexibility index (Phi) is 4.19. The Labute approximate surface area is 123 Å². The van der Waals surface area contributed by atoms with Crippen LogP contribution in [0, 0.1) is 10.1 Å². The molecule has 0 saturated carbocycles. The van der Waals surface area contributed by atoms with Gasteiger partial charge in [-0.15, -0.1) is 0 Å². The molecular weight excluding hydrogens is 326 g/mol. The zero-order valence-corrected chi connectivity index (χ0v) is 12.3. The Bertz CT molecular complexity index is 667. The molecule has 2 aromatic rings. The van der Waals surface area contributed by atoms with Crippen LogP contribution in [0.1, 0.15) is 16.1 Å². The third-order valence-corrected chi connectivity index (χ3v) is 3.58. The molecule has 1 aromatic carbocycles. The number of halogens is 1. The van der Waals surface area contributed by atoms with Crippen molar-refractivity contribution in [3.8, 4) is 0 Å². The van der Waals surface area contributed by atoms with Gasteiger partial charge in [0.1, 0.15) is 0 Å². The minimum Gasteiger partial charge on any atom is -0.353 e. The molecule has 0 bridgehead atoms. The van der Waals surface area contributed by atoms with Crippen LogP contribution in [0.5, 0.6) is 0 Å². The van der Waals surface area contributed by atoms with Crippen LogP contribution in [0.4, 0.5) is 5.69 Å². The topological polar surface area (TPSA) is 77.2 Å². The minimum atomic E-state index is -0.527. The lowest BCUT2D eigenvalue weighted by Gasteiger charge is -2.07. The number of hydrogen-bond acceptors (Lipinski definition) is 3. The number of nitrogens with one attached hydrogen (secondary N) is 1. The second-order valence-electron chi connectivity index (χ2n) is 4.21. The highest BCUT2D eigenvalue weighted by atomic mass is 79.9. The lowest BCUT2D eigenvalue weighted by Crippen LogP contribution is -2.24. The van der Waals surface area contributed by atoms with Gasteiger partial charge in [0.05, 0.1) is 17.0 Å². The number of nitro groups is 1. The van der Waals surface area contributed by atoms with Crippen molar-refractivity contribution >= 4 is 27.5 Å². The highest BCUT2D eigenvalue weighted by molar-refractivity contribution is 9.10. The molecule has 0 saturated heterocycles. The van der Waals surface area contributed by atoms with Crippen molar-refractivity contribution in [2.24, 2.45) is 7.05 Å². The largest absolute Gasteiger partial charge is 0.353 e. The van der Waals surface area contributed by atoms with Crippen molar-refractivity contribution in [1.82, 2.24) is 9.88 Å². The van der Waals surface area contributed by atoms with E-state index in [2.05, 4.69) is 21.2 Å². The van der Waals surface area contributed by atoms with E-state index < -0.39 is 4.92 Å². The molecule has 7 heteroatoms. The van der Waals surface area contributed by atoms with Crippen LogP contribution in [0.25, 0.3) is 0 Å². The molecule has 20 heavy (non-hydrogen) atoms. The van der Waals surface area contributed by atoms with Crippen LogP contribution in [0.15, 0.2) is 41.0 Å². The number of nitrogens with zero attached hydrogens (tertiary/aromatic N) is 2. The Morgan fingerprint density at radius 2 is 2.20 bits per heavy atom. The van der Waals surface area contributed by atoms with Gasteiger partial charge in [0.25, 0.3) is 11.6 Å². The number of rotatable bonds is 4. The van der Waals surface area contributed by atoms with E-state index in [0.29, 0.717) is 11.0 Å². The molecule has 1 amide bonds. The molecule has 1 N–H and O–H groups in total. The average molecular weight is 338 g/mol. The van der Waals surface area contributed by atoms with E-state index >= 15 is 0 Å². The summed E-state index contributed by atoms with van der Waals surface area (Å²) < 4.78 is 2.41. The van der Waals surface area contributed by atoms with E-state index in [1.807, 2.05) is 29.9 Å². The number of aryl methyl sites for hydroxylation is 1. The quantitative estimate of drug-likeness (QED) is 0.688. The van der Waals surface area contributed by atoms with E-state index in [1.54, 1.807) is 0 Å². The van der Waals surface area contributed by atoms with Crippen LogP contribution < -0.4 is 5.32 Å². The number of nitro benzene ring substituents is 1. The Balaban J connectivity index is 2.15. The fraction of sp³-hybridized carbons (Fsp3) is 0.154. The second kappa shape index (κ2) is 5.87. The van der Waals surface area contributed by atoms with E-state index in [9.17, 15) is 14.9 Å². The fourth-order valence-corrected chi connectivity index (χ4v) is 2.17. The molecule has 0 fully saturated rings. The van der Waals surface area contributed by atoms with Gasteiger partial charge in [-0.1, -0.05) is 0 Å². The summed E-state index contributed by atoms with van der Waals surface area (Å²) >= 11 is 3.22. The summed E-state index contributed by atoms with van der Waals surface area (Å²) in [5, 5.41) is 13.5. The maximum atomic E-state index is 12.1.